The summed E-state index contributed by atoms with van der Waals surface area (Å²) in [4.78, 5) is 19.4. The highest BCUT2D eigenvalue weighted by molar-refractivity contribution is 5.66. The molecule has 0 radical (unpaired) electrons. The number of piperazine rings is 1. The third kappa shape index (κ3) is 4.61. The van der Waals surface area contributed by atoms with E-state index < -0.39 is 11.7 Å². The van der Waals surface area contributed by atoms with Crippen molar-refractivity contribution in [1.29, 1.82) is 0 Å². The summed E-state index contributed by atoms with van der Waals surface area (Å²) < 4.78 is 54.3. The summed E-state index contributed by atoms with van der Waals surface area (Å²) in [5.74, 6) is 1.01. The lowest BCUT2D eigenvalue weighted by Crippen LogP contribution is -2.49. The second-order valence-electron chi connectivity index (χ2n) is 9.05. The van der Waals surface area contributed by atoms with E-state index >= 15 is 0 Å². The molecule has 1 unspecified atom stereocenters. The maximum absolute atomic E-state index is 13.9. The molecule has 0 N–H and O–H groups in total. The van der Waals surface area contributed by atoms with Crippen molar-refractivity contribution < 1.29 is 17.6 Å². The van der Waals surface area contributed by atoms with Crippen LogP contribution in [0, 0.1) is 12.7 Å². The first-order valence-electron chi connectivity index (χ1n) is 11.6. The van der Waals surface area contributed by atoms with E-state index in [-0.39, 0.29) is 11.6 Å². The Morgan fingerprint density at radius 1 is 0.943 bits per heavy atom. The van der Waals surface area contributed by atoms with E-state index in [0.717, 1.165) is 24.6 Å². The van der Waals surface area contributed by atoms with Gasteiger partial charge in [0.1, 0.15) is 17.5 Å². The fourth-order valence-corrected chi connectivity index (χ4v) is 4.50. The number of aromatic nitrogens is 3. The van der Waals surface area contributed by atoms with Crippen molar-refractivity contribution in [1.82, 2.24) is 15.0 Å². The summed E-state index contributed by atoms with van der Waals surface area (Å²) in [6.45, 7) is 6.43. The molecule has 1 atom stereocenters. The van der Waals surface area contributed by atoms with Crippen LogP contribution in [0.15, 0.2) is 42.6 Å². The second-order valence-corrected chi connectivity index (χ2v) is 9.05. The van der Waals surface area contributed by atoms with Gasteiger partial charge in [0.25, 0.3) is 0 Å². The van der Waals surface area contributed by atoms with E-state index in [1.165, 1.54) is 18.3 Å². The van der Waals surface area contributed by atoms with Crippen LogP contribution in [0.4, 0.5) is 35.1 Å². The maximum atomic E-state index is 13.9. The van der Waals surface area contributed by atoms with E-state index in [1.807, 2.05) is 6.07 Å². The lowest BCUT2D eigenvalue weighted by molar-refractivity contribution is -0.137. The van der Waals surface area contributed by atoms with Gasteiger partial charge in [-0.2, -0.15) is 18.2 Å². The van der Waals surface area contributed by atoms with Crippen LogP contribution >= 0.6 is 0 Å². The minimum atomic E-state index is -4.46. The summed E-state index contributed by atoms with van der Waals surface area (Å²) >= 11 is 0. The van der Waals surface area contributed by atoms with Gasteiger partial charge in [0.15, 0.2) is 0 Å². The molecule has 2 aliphatic rings. The van der Waals surface area contributed by atoms with Crippen LogP contribution < -0.4 is 14.7 Å². The zero-order valence-corrected chi connectivity index (χ0v) is 19.6. The highest BCUT2D eigenvalue weighted by Gasteiger charge is 2.36. The van der Waals surface area contributed by atoms with Crippen molar-refractivity contribution in [3.8, 4) is 11.3 Å². The largest absolute Gasteiger partial charge is 0.419 e. The zero-order valence-electron chi connectivity index (χ0n) is 19.6. The maximum Gasteiger partial charge on any atom is 0.419 e. The third-order valence-corrected chi connectivity index (χ3v) is 6.73. The molecule has 1 aromatic carbocycles. The van der Waals surface area contributed by atoms with Crippen molar-refractivity contribution >= 4 is 17.6 Å². The van der Waals surface area contributed by atoms with Crippen molar-refractivity contribution in [2.75, 3.05) is 47.4 Å². The normalized spacial score (nSPS) is 18.6. The Hall–Kier alpha value is -3.43. The number of anilines is 3. The summed E-state index contributed by atoms with van der Waals surface area (Å²) in [7, 11) is 0. The van der Waals surface area contributed by atoms with Gasteiger partial charge in [-0.15, -0.1) is 0 Å². The average molecular weight is 487 g/mol. The smallest absolute Gasteiger partial charge is 0.353 e. The third-order valence-electron chi connectivity index (χ3n) is 6.73. The Balaban J connectivity index is 1.42. The molecule has 2 aromatic heterocycles. The van der Waals surface area contributed by atoms with Crippen molar-refractivity contribution in [3.63, 3.8) is 0 Å². The number of aryl methyl sites for hydroxylation is 1. The van der Waals surface area contributed by atoms with E-state index in [1.54, 1.807) is 24.0 Å². The number of hydrogen-bond acceptors (Lipinski definition) is 6. The van der Waals surface area contributed by atoms with Crippen LogP contribution in [0.5, 0.6) is 0 Å². The van der Waals surface area contributed by atoms with Gasteiger partial charge in [0, 0.05) is 56.6 Å². The van der Waals surface area contributed by atoms with Crippen LogP contribution in [0.3, 0.4) is 0 Å². The highest BCUT2D eigenvalue weighted by atomic mass is 19.4. The standard InChI is InChI=1S/C25H26F4N6/c1-16-14-18(5-6-20(16)26)21-15-22(32-24(31-21)35-9-7-17(35)2)33-10-12-34(13-11-33)23-19(25(27,28)29)4-3-8-30-23/h3-6,8,14-15,17H,7,9-13H2,1-2H3. The van der Waals surface area contributed by atoms with Crippen molar-refractivity contribution in [3.05, 3.63) is 59.5 Å². The van der Waals surface area contributed by atoms with Gasteiger partial charge in [-0.1, -0.05) is 0 Å². The van der Waals surface area contributed by atoms with Crippen molar-refractivity contribution in [2.45, 2.75) is 32.5 Å². The van der Waals surface area contributed by atoms with Crippen LogP contribution in [-0.2, 0) is 6.18 Å². The molecular formula is C25H26F4N6. The predicted octanol–water partition coefficient (Wildman–Crippen LogP) is 4.93. The summed E-state index contributed by atoms with van der Waals surface area (Å²) in [5, 5.41) is 0. The molecular weight excluding hydrogens is 460 g/mol. The van der Waals surface area contributed by atoms with Gasteiger partial charge in [-0.05, 0) is 56.2 Å². The molecule has 35 heavy (non-hydrogen) atoms. The minimum absolute atomic E-state index is 0.0418. The highest BCUT2D eigenvalue weighted by Crippen LogP contribution is 2.36. The van der Waals surface area contributed by atoms with E-state index in [4.69, 9.17) is 9.97 Å². The lowest BCUT2D eigenvalue weighted by atomic mass is 10.1. The minimum Gasteiger partial charge on any atom is -0.353 e. The molecule has 5 rings (SSSR count). The summed E-state index contributed by atoms with van der Waals surface area (Å²) in [5.41, 5.74) is 1.30. The molecule has 4 heterocycles. The molecule has 2 aliphatic heterocycles. The Morgan fingerprint density at radius 2 is 1.69 bits per heavy atom. The van der Waals surface area contributed by atoms with Gasteiger partial charge in [0.05, 0.1) is 11.3 Å². The van der Waals surface area contributed by atoms with Gasteiger partial charge >= 0.3 is 6.18 Å². The Labute approximate surface area is 201 Å². The fourth-order valence-electron chi connectivity index (χ4n) is 4.50. The van der Waals surface area contributed by atoms with Crippen LogP contribution in [0.1, 0.15) is 24.5 Å². The fraction of sp³-hybridized carbons (Fsp3) is 0.400. The van der Waals surface area contributed by atoms with Crippen LogP contribution in [-0.4, -0.2) is 53.7 Å². The Bertz CT molecular complexity index is 1220. The molecule has 0 spiro atoms. The number of benzene rings is 1. The number of nitrogens with zero attached hydrogens (tertiary/aromatic N) is 6. The lowest BCUT2D eigenvalue weighted by Gasteiger charge is -2.40. The second kappa shape index (κ2) is 8.98. The van der Waals surface area contributed by atoms with Gasteiger partial charge < -0.3 is 14.7 Å². The zero-order chi connectivity index (χ0) is 24.7. The number of alkyl halides is 3. The first-order chi connectivity index (χ1) is 16.7. The molecule has 0 saturated carbocycles. The Morgan fingerprint density at radius 3 is 2.31 bits per heavy atom. The molecule has 0 amide bonds. The SMILES string of the molecule is Cc1cc(-c2cc(N3CCN(c4ncccc4C(F)(F)F)CC3)nc(N3CCC3C)n2)ccc1F. The average Bonchev–Trinajstić information content (AvgIpc) is 2.84. The molecule has 184 valence electrons. The number of hydrogen-bond donors (Lipinski definition) is 0. The van der Waals surface area contributed by atoms with Gasteiger partial charge in [0.2, 0.25) is 5.95 Å². The molecule has 10 heteroatoms. The topological polar surface area (TPSA) is 48.4 Å². The van der Waals surface area contributed by atoms with Crippen LogP contribution in [0.25, 0.3) is 11.3 Å². The summed E-state index contributed by atoms with van der Waals surface area (Å²) in [6.07, 6.45) is -2.01. The molecule has 0 bridgehead atoms. The quantitative estimate of drug-likeness (QED) is 0.488. The molecule has 3 aromatic rings. The van der Waals surface area contributed by atoms with Crippen molar-refractivity contribution in [2.24, 2.45) is 0 Å². The van der Waals surface area contributed by atoms with E-state index in [2.05, 4.69) is 21.7 Å². The van der Waals surface area contributed by atoms with Gasteiger partial charge in [-0.3, -0.25) is 0 Å². The first-order valence-corrected chi connectivity index (χ1v) is 11.6. The monoisotopic (exact) mass is 486 g/mol. The predicted molar refractivity (Wildman–Crippen MR) is 127 cm³/mol. The van der Waals surface area contributed by atoms with Crippen LogP contribution in [0.2, 0.25) is 0 Å². The number of rotatable bonds is 4. The molecule has 2 saturated heterocycles. The Kier molecular flexibility index (Phi) is 5.98. The molecule has 2 fully saturated rings. The first kappa shape index (κ1) is 23.3. The number of halogens is 4. The number of pyridine rings is 1. The van der Waals surface area contributed by atoms with E-state index in [9.17, 15) is 17.6 Å². The van der Waals surface area contributed by atoms with E-state index in [0.29, 0.717) is 55.2 Å². The summed E-state index contributed by atoms with van der Waals surface area (Å²) in [6, 6.07) is 9.48. The molecule has 0 aliphatic carbocycles. The molecule has 6 nitrogen and oxygen atoms in total. The van der Waals surface area contributed by atoms with Gasteiger partial charge in [-0.25, -0.2) is 14.4 Å².